The van der Waals surface area contributed by atoms with Gasteiger partial charge in [0.25, 0.3) is 5.56 Å². The number of thioether (sulfide) groups is 1. The number of para-hydroxylation sites is 1. The van der Waals surface area contributed by atoms with Crippen molar-refractivity contribution in [2.45, 2.75) is 30.8 Å². The lowest BCUT2D eigenvalue weighted by molar-refractivity contribution is -0.117. The zero-order valence-electron chi connectivity index (χ0n) is 17.7. The number of aromatic nitrogens is 2. The molecule has 0 spiro atoms. The summed E-state index contributed by atoms with van der Waals surface area (Å²) in [4.78, 5) is 33.0. The van der Waals surface area contributed by atoms with E-state index in [1.165, 1.54) is 11.8 Å². The fourth-order valence-electron chi connectivity index (χ4n) is 3.46. The number of carbonyl (C=O) groups is 1. The third kappa shape index (κ3) is 4.59. The fourth-order valence-corrected chi connectivity index (χ4v) is 4.60. The molecule has 0 fully saturated rings. The first-order valence-corrected chi connectivity index (χ1v) is 11.5. The number of fused-ring (bicyclic) bond motifs is 1. The quantitative estimate of drug-likeness (QED) is 0.275. The lowest BCUT2D eigenvalue weighted by atomic mass is 10.2. The number of anilines is 1. The summed E-state index contributed by atoms with van der Waals surface area (Å²) < 4.78 is 7.00. The molecule has 32 heavy (non-hydrogen) atoms. The van der Waals surface area contributed by atoms with E-state index in [4.69, 9.17) is 16.0 Å². The summed E-state index contributed by atoms with van der Waals surface area (Å²) in [5.41, 5.74) is 1.12. The second-order valence-corrected chi connectivity index (χ2v) is 8.95. The van der Waals surface area contributed by atoms with Gasteiger partial charge in [-0.1, -0.05) is 41.6 Å². The first-order chi connectivity index (χ1) is 15.5. The molecular weight excluding hydrogens is 446 g/mol. The number of hydrogen-bond donors (Lipinski definition) is 0. The summed E-state index contributed by atoms with van der Waals surface area (Å²) >= 11 is 7.38. The van der Waals surface area contributed by atoms with Gasteiger partial charge in [-0.3, -0.25) is 14.2 Å². The van der Waals surface area contributed by atoms with Gasteiger partial charge in [0, 0.05) is 17.3 Å². The summed E-state index contributed by atoms with van der Waals surface area (Å²) in [7, 11) is 0. The van der Waals surface area contributed by atoms with Gasteiger partial charge in [-0.2, -0.15) is 0 Å². The van der Waals surface area contributed by atoms with Crippen molar-refractivity contribution in [3.05, 3.63) is 88.1 Å². The van der Waals surface area contributed by atoms with Crippen molar-refractivity contribution in [1.82, 2.24) is 9.55 Å². The van der Waals surface area contributed by atoms with Crippen LogP contribution in [0.5, 0.6) is 0 Å². The van der Waals surface area contributed by atoms with Gasteiger partial charge in [-0.25, -0.2) is 4.98 Å². The van der Waals surface area contributed by atoms with Crippen molar-refractivity contribution in [2.75, 3.05) is 11.4 Å². The SMILES string of the molecule is CCN(C(=O)[C@H](C)Sc1nc2cc(Cl)ccc2c(=O)n1Cc1ccco1)c1ccccc1. The zero-order valence-corrected chi connectivity index (χ0v) is 19.3. The van der Waals surface area contributed by atoms with Crippen LogP contribution in [0.1, 0.15) is 19.6 Å². The summed E-state index contributed by atoms with van der Waals surface area (Å²) in [6, 6.07) is 18.1. The van der Waals surface area contributed by atoms with E-state index < -0.39 is 5.25 Å². The molecule has 1 amide bonds. The van der Waals surface area contributed by atoms with Crippen LogP contribution >= 0.6 is 23.4 Å². The fraction of sp³-hybridized carbons (Fsp3) is 0.208. The second-order valence-electron chi connectivity index (χ2n) is 7.20. The number of furan rings is 1. The number of carbonyl (C=O) groups excluding carboxylic acids is 1. The Bertz CT molecular complexity index is 1290. The number of rotatable bonds is 7. The third-order valence-corrected chi connectivity index (χ3v) is 6.37. The Morgan fingerprint density at radius 3 is 2.66 bits per heavy atom. The lowest BCUT2D eigenvalue weighted by Crippen LogP contribution is -2.37. The third-order valence-electron chi connectivity index (χ3n) is 5.06. The minimum Gasteiger partial charge on any atom is -0.467 e. The molecule has 0 bridgehead atoms. The van der Waals surface area contributed by atoms with E-state index in [9.17, 15) is 9.59 Å². The summed E-state index contributed by atoms with van der Waals surface area (Å²) in [6.07, 6.45) is 1.56. The normalized spacial score (nSPS) is 12.1. The van der Waals surface area contributed by atoms with Crippen LogP contribution in [-0.2, 0) is 11.3 Å². The predicted molar refractivity (Wildman–Crippen MR) is 129 cm³/mol. The van der Waals surface area contributed by atoms with Crippen LogP contribution in [0.4, 0.5) is 5.69 Å². The first-order valence-electron chi connectivity index (χ1n) is 10.2. The molecule has 0 N–H and O–H groups in total. The maximum absolute atomic E-state index is 13.3. The van der Waals surface area contributed by atoms with Crippen LogP contribution in [0.2, 0.25) is 5.02 Å². The molecule has 0 aliphatic carbocycles. The first kappa shape index (κ1) is 22.2. The van der Waals surface area contributed by atoms with Gasteiger partial charge >= 0.3 is 0 Å². The van der Waals surface area contributed by atoms with Crippen molar-refractivity contribution in [3.63, 3.8) is 0 Å². The monoisotopic (exact) mass is 467 g/mol. The minimum absolute atomic E-state index is 0.0614. The van der Waals surface area contributed by atoms with Gasteiger partial charge < -0.3 is 9.32 Å². The van der Waals surface area contributed by atoms with Gasteiger partial charge in [0.1, 0.15) is 5.76 Å². The molecule has 8 heteroatoms. The summed E-state index contributed by atoms with van der Waals surface area (Å²) in [5.74, 6) is 0.566. The molecule has 0 aliphatic heterocycles. The molecule has 4 rings (SSSR count). The number of benzene rings is 2. The summed E-state index contributed by atoms with van der Waals surface area (Å²) in [6.45, 7) is 4.51. The number of amides is 1. The molecular formula is C24H22ClN3O3S. The van der Waals surface area contributed by atoms with Crippen LogP contribution < -0.4 is 10.5 Å². The molecule has 2 aromatic heterocycles. The standard InChI is InChI=1S/C24H22ClN3O3S/c1-3-27(18-8-5-4-6-9-18)22(29)16(2)32-24-26-21-14-17(25)11-12-20(21)23(30)28(24)15-19-10-7-13-31-19/h4-14,16H,3,15H2,1-2H3/t16-/m0/s1. The van der Waals surface area contributed by atoms with E-state index in [1.807, 2.05) is 44.2 Å². The Hall–Kier alpha value is -3.03. The van der Waals surface area contributed by atoms with Crippen molar-refractivity contribution in [2.24, 2.45) is 0 Å². The topological polar surface area (TPSA) is 68.3 Å². The van der Waals surface area contributed by atoms with Crippen molar-refractivity contribution in [1.29, 1.82) is 0 Å². The summed E-state index contributed by atoms with van der Waals surface area (Å²) in [5, 5.41) is 0.922. The van der Waals surface area contributed by atoms with E-state index in [-0.39, 0.29) is 18.0 Å². The number of nitrogens with zero attached hydrogens (tertiary/aromatic N) is 3. The largest absolute Gasteiger partial charge is 0.467 e. The Morgan fingerprint density at radius 1 is 1.19 bits per heavy atom. The van der Waals surface area contributed by atoms with Crippen molar-refractivity contribution < 1.29 is 9.21 Å². The van der Waals surface area contributed by atoms with Crippen LogP contribution in [0.15, 0.2) is 81.3 Å². The van der Waals surface area contributed by atoms with E-state index in [0.717, 1.165) is 5.69 Å². The van der Waals surface area contributed by atoms with Crippen molar-refractivity contribution >= 4 is 45.9 Å². The molecule has 0 unspecified atom stereocenters. The second kappa shape index (κ2) is 9.63. The van der Waals surface area contributed by atoms with Gasteiger partial charge in [-0.05, 0) is 56.3 Å². The molecule has 2 heterocycles. The smallest absolute Gasteiger partial charge is 0.262 e. The van der Waals surface area contributed by atoms with Gasteiger partial charge in [0.2, 0.25) is 5.91 Å². The molecule has 164 valence electrons. The van der Waals surface area contributed by atoms with Gasteiger partial charge in [0.05, 0.1) is 29.0 Å². The predicted octanol–water partition coefficient (Wildman–Crippen LogP) is 5.22. The average molecular weight is 468 g/mol. The van der Waals surface area contributed by atoms with Crippen LogP contribution in [-0.4, -0.2) is 27.3 Å². The molecule has 1 atom stereocenters. The Morgan fingerprint density at radius 2 is 1.97 bits per heavy atom. The number of halogens is 1. The van der Waals surface area contributed by atoms with E-state index in [1.54, 1.807) is 46.1 Å². The zero-order chi connectivity index (χ0) is 22.7. The Balaban J connectivity index is 1.72. The molecule has 0 saturated heterocycles. The maximum Gasteiger partial charge on any atom is 0.262 e. The van der Waals surface area contributed by atoms with Gasteiger partial charge in [0.15, 0.2) is 5.16 Å². The molecule has 6 nitrogen and oxygen atoms in total. The molecule has 2 aromatic carbocycles. The highest BCUT2D eigenvalue weighted by atomic mass is 35.5. The number of hydrogen-bond acceptors (Lipinski definition) is 5. The molecule has 0 radical (unpaired) electrons. The highest BCUT2D eigenvalue weighted by molar-refractivity contribution is 8.00. The molecule has 4 aromatic rings. The Kier molecular flexibility index (Phi) is 6.67. The van der Waals surface area contributed by atoms with Crippen LogP contribution in [0.3, 0.4) is 0 Å². The van der Waals surface area contributed by atoms with E-state index in [0.29, 0.717) is 33.4 Å². The van der Waals surface area contributed by atoms with Crippen LogP contribution in [0.25, 0.3) is 10.9 Å². The molecule has 0 aliphatic rings. The highest BCUT2D eigenvalue weighted by Gasteiger charge is 2.24. The molecule has 0 saturated carbocycles. The van der Waals surface area contributed by atoms with Gasteiger partial charge in [-0.15, -0.1) is 0 Å². The Labute approximate surface area is 194 Å². The average Bonchev–Trinajstić information content (AvgIpc) is 3.30. The van der Waals surface area contributed by atoms with E-state index in [2.05, 4.69) is 4.98 Å². The minimum atomic E-state index is -0.471. The van der Waals surface area contributed by atoms with E-state index >= 15 is 0 Å². The van der Waals surface area contributed by atoms with Crippen LogP contribution in [0, 0.1) is 0 Å². The van der Waals surface area contributed by atoms with Crippen molar-refractivity contribution in [3.8, 4) is 0 Å². The maximum atomic E-state index is 13.3. The highest BCUT2D eigenvalue weighted by Crippen LogP contribution is 2.27. The lowest BCUT2D eigenvalue weighted by Gasteiger charge is -2.24.